The number of fused-ring (bicyclic) bond motifs is 8. The van der Waals surface area contributed by atoms with Crippen LogP contribution < -0.4 is 0 Å². The Morgan fingerprint density at radius 2 is 1.14 bits per heavy atom. The number of hydrogen-bond donors (Lipinski definition) is 0. The lowest BCUT2D eigenvalue weighted by molar-refractivity contribution is 0.663. The highest BCUT2D eigenvalue weighted by Gasteiger charge is 2.20. The molecule has 198 valence electrons. The molecule has 0 aliphatic heterocycles. The Hall–Kier alpha value is -5.61. The van der Waals surface area contributed by atoms with Gasteiger partial charge in [0.25, 0.3) is 0 Å². The number of aromatic nitrogens is 2. The number of para-hydroxylation sites is 4. The van der Waals surface area contributed by atoms with Gasteiger partial charge in [0.1, 0.15) is 28.2 Å². The lowest BCUT2D eigenvalue weighted by Crippen LogP contribution is -1.96. The summed E-state index contributed by atoms with van der Waals surface area (Å²) >= 11 is 0. The maximum absolute atomic E-state index is 6.48. The number of furan rings is 2. The molecule has 0 spiro atoms. The zero-order chi connectivity index (χ0) is 27.8. The van der Waals surface area contributed by atoms with Gasteiger partial charge < -0.3 is 8.83 Å². The first-order valence-corrected chi connectivity index (χ1v) is 14.1. The van der Waals surface area contributed by atoms with Crippen LogP contribution in [0, 0.1) is 6.92 Å². The van der Waals surface area contributed by atoms with E-state index in [4.69, 9.17) is 13.8 Å². The summed E-state index contributed by atoms with van der Waals surface area (Å²) in [6, 6.07) is 44.3. The summed E-state index contributed by atoms with van der Waals surface area (Å²) in [5, 5.41) is 4.30. The van der Waals surface area contributed by atoms with Gasteiger partial charge >= 0.3 is 0 Å². The van der Waals surface area contributed by atoms with E-state index < -0.39 is 0 Å². The zero-order valence-corrected chi connectivity index (χ0v) is 22.8. The topological polar surface area (TPSA) is 44.1 Å². The zero-order valence-electron chi connectivity index (χ0n) is 22.8. The first-order valence-electron chi connectivity index (χ1n) is 14.1. The molecule has 0 aliphatic carbocycles. The number of benzene rings is 6. The third-order valence-corrected chi connectivity index (χ3v) is 8.37. The molecule has 3 aromatic heterocycles. The van der Waals surface area contributed by atoms with Crippen LogP contribution in [0.15, 0.2) is 136 Å². The number of hydrogen-bond acceptors (Lipinski definition) is 3. The van der Waals surface area contributed by atoms with E-state index in [0.29, 0.717) is 0 Å². The van der Waals surface area contributed by atoms with E-state index in [1.54, 1.807) is 0 Å². The van der Waals surface area contributed by atoms with Crippen molar-refractivity contribution in [2.45, 2.75) is 6.92 Å². The second kappa shape index (κ2) is 8.69. The Balaban J connectivity index is 1.16. The highest BCUT2D eigenvalue weighted by atomic mass is 16.3. The van der Waals surface area contributed by atoms with Gasteiger partial charge in [-0.3, -0.25) is 4.57 Å². The van der Waals surface area contributed by atoms with E-state index in [1.165, 1.54) is 0 Å². The van der Waals surface area contributed by atoms with Crippen LogP contribution in [0.3, 0.4) is 0 Å². The first kappa shape index (κ1) is 23.1. The van der Waals surface area contributed by atoms with Gasteiger partial charge in [0, 0.05) is 27.4 Å². The molecule has 9 rings (SSSR count). The van der Waals surface area contributed by atoms with Gasteiger partial charge in [0.15, 0.2) is 0 Å². The largest absolute Gasteiger partial charge is 0.455 e. The minimum atomic E-state index is 0.850. The molecule has 0 amide bonds. The average molecular weight is 541 g/mol. The standard InChI is InChI=1S/C38H24N2O2/c1-23-39-32-10-4-5-11-33(32)40(23)27-20-18-25(19-21-27)24-14-16-26(17-15-24)30-22-31-28-8-2-6-12-34(28)41-38(31)36-29-9-3-7-13-35(29)42-37(30)36/h2-22H,1H3. The fraction of sp³-hybridized carbons (Fsp3) is 0.0263. The van der Waals surface area contributed by atoms with Crippen LogP contribution in [0.4, 0.5) is 0 Å². The van der Waals surface area contributed by atoms with Crippen LogP contribution in [0.5, 0.6) is 0 Å². The molecule has 0 aliphatic rings. The van der Waals surface area contributed by atoms with Crippen molar-refractivity contribution in [3.05, 3.63) is 133 Å². The van der Waals surface area contributed by atoms with Gasteiger partial charge in [-0.2, -0.15) is 0 Å². The lowest BCUT2D eigenvalue weighted by Gasteiger charge is -2.10. The van der Waals surface area contributed by atoms with Crippen LogP contribution in [0.25, 0.3) is 82.9 Å². The normalized spacial score (nSPS) is 11.9. The van der Waals surface area contributed by atoms with E-state index in [1.807, 2.05) is 30.3 Å². The molecular weight excluding hydrogens is 516 g/mol. The third-order valence-electron chi connectivity index (χ3n) is 8.37. The molecule has 6 aromatic carbocycles. The van der Waals surface area contributed by atoms with Gasteiger partial charge in [-0.05, 0) is 66.1 Å². The molecule has 0 atom stereocenters. The summed E-state index contributed by atoms with van der Waals surface area (Å²) < 4.78 is 15.1. The molecule has 0 saturated heterocycles. The van der Waals surface area contributed by atoms with Crippen molar-refractivity contribution in [3.63, 3.8) is 0 Å². The van der Waals surface area contributed by atoms with Gasteiger partial charge in [-0.1, -0.05) is 84.9 Å². The fourth-order valence-electron chi connectivity index (χ4n) is 6.40. The summed E-state index contributed by atoms with van der Waals surface area (Å²) in [5.74, 6) is 0.979. The molecule has 0 N–H and O–H groups in total. The average Bonchev–Trinajstić information content (AvgIpc) is 3.71. The van der Waals surface area contributed by atoms with Crippen molar-refractivity contribution >= 4 is 54.9 Å². The van der Waals surface area contributed by atoms with Crippen LogP contribution in [0.2, 0.25) is 0 Å². The quantitative estimate of drug-likeness (QED) is 0.224. The van der Waals surface area contributed by atoms with Crippen LogP contribution >= 0.6 is 0 Å². The predicted octanol–water partition coefficient (Wildman–Crippen LogP) is 10.5. The van der Waals surface area contributed by atoms with Crippen LogP contribution in [0.1, 0.15) is 5.82 Å². The van der Waals surface area contributed by atoms with Gasteiger partial charge in [-0.15, -0.1) is 0 Å². The summed E-state index contributed by atoms with van der Waals surface area (Å²) in [5.41, 5.74) is 11.2. The third kappa shape index (κ3) is 3.32. The molecule has 4 nitrogen and oxygen atoms in total. The maximum atomic E-state index is 6.48. The highest BCUT2D eigenvalue weighted by molar-refractivity contribution is 6.25. The monoisotopic (exact) mass is 540 g/mol. The Bertz CT molecular complexity index is 2460. The molecule has 3 heterocycles. The van der Waals surface area contributed by atoms with Crippen molar-refractivity contribution in [3.8, 4) is 27.9 Å². The van der Waals surface area contributed by atoms with Crippen LogP contribution in [-0.4, -0.2) is 9.55 Å². The molecule has 0 bridgehead atoms. The Morgan fingerprint density at radius 3 is 1.93 bits per heavy atom. The van der Waals surface area contributed by atoms with Gasteiger partial charge in [0.05, 0.1) is 16.4 Å². The van der Waals surface area contributed by atoms with Gasteiger partial charge in [-0.25, -0.2) is 4.98 Å². The van der Waals surface area contributed by atoms with Crippen molar-refractivity contribution in [1.29, 1.82) is 0 Å². The Morgan fingerprint density at radius 1 is 0.548 bits per heavy atom. The van der Waals surface area contributed by atoms with E-state index >= 15 is 0 Å². The molecule has 0 fully saturated rings. The molecule has 0 radical (unpaired) electrons. The minimum Gasteiger partial charge on any atom is -0.455 e. The summed E-state index contributed by atoms with van der Waals surface area (Å²) in [6.45, 7) is 2.05. The lowest BCUT2D eigenvalue weighted by atomic mass is 9.96. The summed E-state index contributed by atoms with van der Waals surface area (Å²) in [6.07, 6.45) is 0. The van der Waals surface area contributed by atoms with Crippen molar-refractivity contribution in [1.82, 2.24) is 9.55 Å². The van der Waals surface area contributed by atoms with E-state index in [-0.39, 0.29) is 0 Å². The second-order valence-electron chi connectivity index (χ2n) is 10.8. The smallest absolute Gasteiger partial charge is 0.147 e. The summed E-state index contributed by atoms with van der Waals surface area (Å²) in [4.78, 5) is 4.73. The number of rotatable bonds is 3. The predicted molar refractivity (Wildman–Crippen MR) is 171 cm³/mol. The minimum absolute atomic E-state index is 0.850. The molecule has 42 heavy (non-hydrogen) atoms. The Kier molecular flexibility index (Phi) is 4.79. The van der Waals surface area contributed by atoms with Gasteiger partial charge in [0.2, 0.25) is 0 Å². The second-order valence-corrected chi connectivity index (χ2v) is 10.8. The SMILES string of the molecule is Cc1nc2ccccc2n1-c1ccc(-c2ccc(-c3cc4c5ccccc5oc4c4c3oc3ccccc34)cc2)cc1. The fourth-order valence-corrected chi connectivity index (χ4v) is 6.40. The molecule has 0 saturated carbocycles. The van der Waals surface area contributed by atoms with Crippen molar-refractivity contribution in [2.75, 3.05) is 0 Å². The van der Waals surface area contributed by atoms with E-state index in [9.17, 15) is 0 Å². The number of nitrogens with zero attached hydrogens (tertiary/aromatic N) is 2. The van der Waals surface area contributed by atoms with Crippen molar-refractivity contribution in [2.24, 2.45) is 0 Å². The maximum Gasteiger partial charge on any atom is 0.147 e. The van der Waals surface area contributed by atoms with E-state index in [0.717, 1.165) is 88.7 Å². The molecule has 0 unspecified atom stereocenters. The number of imidazole rings is 1. The van der Waals surface area contributed by atoms with E-state index in [2.05, 4.69) is 109 Å². The number of aryl methyl sites for hydroxylation is 1. The molecular formula is C38H24N2O2. The van der Waals surface area contributed by atoms with Crippen molar-refractivity contribution < 1.29 is 8.83 Å². The summed E-state index contributed by atoms with van der Waals surface area (Å²) in [7, 11) is 0. The van der Waals surface area contributed by atoms with Crippen LogP contribution in [-0.2, 0) is 0 Å². The molecule has 9 aromatic rings. The molecule has 4 heteroatoms. The first-order chi connectivity index (χ1) is 20.7. The highest BCUT2D eigenvalue weighted by Crippen LogP contribution is 2.44. The Labute approximate surface area is 241 Å².